The molecule has 1 fully saturated rings. The van der Waals surface area contributed by atoms with Crippen LogP contribution in [0.15, 0.2) is 41.4 Å². The number of anilines is 1. The maximum atomic E-state index is 4.69. The van der Waals surface area contributed by atoms with E-state index in [-0.39, 0.29) is 24.0 Å². The summed E-state index contributed by atoms with van der Waals surface area (Å²) in [5.41, 5.74) is 2.54. The Labute approximate surface area is 150 Å². The molecule has 0 bridgehead atoms. The van der Waals surface area contributed by atoms with E-state index in [1.165, 1.54) is 24.1 Å². The van der Waals surface area contributed by atoms with Crippen LogP contribution in [0.4, 0.5) is 5.69 Å². The number of aliphatic imine (C=N–C) groups is 1. The number of hydrogen-bond donors (Lipinski definition) is 2. The lowest BCUT2D eigenvalue weighted by Crippen LogP contribution is -2.38. The third-order valence-electron chi connectivity index (χ3n) is 3.78. The highest BCUT2D eigenvalue weighted by molar-refractivity contribution is 14.0. The summed E-state index contributed by atoms with van der Waals surface area (Å²) in [6, 6.07) is 9.33. The molecule has 5 heteroatoms. The van der Waals surface area contributed by atoms with Crippen molar-refractivity contribution in [3.05, 3.63) is 42.0 Å². The largest absolute Gasteiger partial charge is 0.364 e. The molecule has 1 aromatic rings. The van der Waals surface area contributed by atoms with Crippen LogP contribution < -0.4 is 15.5 Å². The summed E-state index contributed by atoms with van der Waals surface area (Å²) in [4.78, 5) is 7.05. The number of guanidine groups is 1. The van der Waals surface area contributed by atoms with Gasteiger partial charge in [-0.1, -0.05) is 24.3 Å². The first-order chi connectivity index (χ1) is 10.3. The van der Waals surface area contributed by atoms with Crippen molar-refractivity contribution in [2.75, 3.05) is 24.5 Å². The predicted molar refractivity (Wildman–Crippen MR) is 104 cm³/mol. The zero-order chi connectivity index (χ0) is 14.5. The van der Waals surface area contributed by atoms with Crippen LogP contribution >= 0.6 is 24.0 Å². The summed E-state index contributed by atoms with van der Waals surface area (Å²) in [5.74, 6) is 0.938. The van der Waals surface area contributed by atoms with Crippen molar-refractivity contribution in [2.24, 2.45) is 4.99 Å². The Morgan fingerprint density at radius 1 is 1.27 bits per heavy atom. The van der Waals surface area contributed by atoms with Crippen LogP contribution in [0, 0.1) is 0 Å². The normalized spacial score (nSPS) is 17.3. The highest BCUT2D eigenvalue weighted by Gasteiger charge is 2.22. The van der Waals surface area contributed by atoms with Gasteiger partial charge < -0.3 is 15.5 Å². The molecule has 4 nitrogen and oxygen atoms in total. The number of nitrogens with zero attached hydrogens (tertiary/aromatic N) is 2. The molecule has 1 saturated carbocycles. The molecule has 0 spiro atoms. The van der Waals surface area contributed by atoms with Gasteiger partial charge in [-0.25, -0.2) is 4.99 Å². The van der Waals surface area contributed by atoms with E-state index in [9.17, 15) is 0 Å². The maximum absolute atomic E-state index is 4.69. The SMILES string of the molecule is CCNC(=NCc1cccc(N2CC=CC2)c1)NC1CC1.I. The van der Waals surface area contributed by atoms with E-state index < -0.39 is 0 Å². The maximum Gasteiger partial charge on any atom is 0.191 e. The molecular formula is C17H25IN4. The van der Waals surface area contributed by atoms with Gasteiger partial charge in [0.1, 0.15) is 0 Å². The van der Waals surface area contributed by atoms with E-state index in [1.807, 2.05) is 0 Å². The molecule has 3 rings (SSSR count). The van der Waals surface area contributed by atoms with Crippen LogP contribution in [0.1, 0.15) is 25.3 Å². The molecule has 1 aliphatic heterocycles. The van der Waals surface area contributed by atoms with Crippen molar-refractivity contribution < 1.29 is 0 Å². The second-order valence-electron chi connectivity index (χ2n) is 5.66. The van der Waals surface area contributed by atoms with E-state index in [1.54, 1.807) is 0 Å². The van der Waals surface area contributed by atoms with Crippen LogP contribution in [-0.2, 0) is 6.54 Å². The fourth-order valence-corrected chi connectivity index (χ4v) is 2.45. The van der Waals surface area contributed by atoms with Gasteiger partial charge >= 0.3 is 0 Å². The summed E-state index contributed by atoms with van der Waals surface area (Å²) in [6.45, 7) is 5.75. The van der Waals surface area contributed by atoms with E-state index in [4.69, 9.17) is 4.99 Å². The van der Waals surface area contributed by atoms with Crippen molar-refractivity contribution >= 4 is 35.6 Å². The van der Waals surface area contributed by atoms with Crippen LogP contribution in [0.5, 0.6) is 0 Å². The first-order valence-electron chi connectivity index (χ1n) is 7.89. The smallest absolute Gasteiger partial charge is 0.191 e. The number of nitrogens with one attached hydrogen (secondary N) is 2. The van der Waals surface area contributed by atoms with E-state index in [2.05, 4.69) is 58.9 Å². The molecule has 0 saturated heterocycles. The minimum absolute atomic E-state index is 0. The van der Waals surface area contributed by atoms with E-state index >= 15 is 0 Å². The molecule has 1 aromatic carbocycles. The molecule has 0 atom stereocenters. The highest BCUT2D eigenvalue weighted by atomic mass is 127. The Kier molecular flexibility index (Phi) is 6.54. The number of halogens is 1. The minimum Gasteiger partial charge on any atom is -0.364 e. The number of rotatable bonds is 5. The zero-order valence-electron chi connectivity index (χ0n) is 13.1. The van der Waals surface area contributed by atoms with Crippen molar-refractivity contribution in [3.8, 4) is 0 Å². The summed E-state index contributed by atoms with van der Waals surface area (Å²) in [7, 11) is 0. The molecule has 1 aliphatic carbocycles. The minimum atomic E-state index is 0. The quantitative estimate of drug-likeness (QED) is 0.338. The molecule has 22 heavy (non-hydrogen) atoms. The third kappa shape index (κ3) is 4.90. The van der Waals surface area contributed by atoms with Gasteiger partial charge in [0.25, 0.3) is 0 Å². The Bertz CT molecular complexity index is 529. The molecule has 1 heterocycles. The molecule has 0 amide bonds. The van der Waals surface area contributed by atoms with Crippen molar-refractivity contribution in [2.45, 2.75) is 32.4 Å². The standard InChI is InChI=1S/C17H24N4.HI/c1-2-18-17(20-15-8-9-15)19-13-14-6-5-7-16(12-14)21-10-3-4-11-21;/h3-7,12,15H,2,8-11,13H2,1H3,(H2,18,19,20);1H. The average Bonchev–Trinajstić information content (AvgIpc) is 3.15. The Morgan fingerprint density at radius 3 is 2.73 bits per heavy atom. The van der Waals surface area contributed by atoms with Gasteiger partial charge in [-0.2, -0.15) is 0 Å². The van der Waals surface area contributed by atoms with Gasteiger partial charge in [0, 0.05) is 31.4 Å². The second-order valence-corrected chi connectivity index (χ2v) is 5.66. The summed E-state index contributed by atoms with van der Waals surface area (Å²) in [6.07, 6.45) is 6.96. The lowest BCUT2D eigenvalue weighted by Gasteiger charge is -2.18. The fraction of sp³-hybridized carbons (Fsp3) is 0.471. The summed E-state index contributed by atoms with van der Waals surface area (Å²) in [5, 5.41) is 6.76. The van der Waals surface area contributed by atoms with E-state index in [0.717, 1.165) is 32.1 Å². The first-order valence-corrected chi connectivity index (χ1v) is 7.89. The van der Waals surface area contributed by atoms with Crippen molar-refractivity contribution in [1.29, 1.82) is 0 Å². The Morgan fingerprint density at radius 2 is 2.05 bits per heavy atom. The van der Waals surface area contributed by atoms with Gasteiger partial charge in [-0.15, -0.1) is 24.0 Å². The highest BCUT2D eigenvalue weighted by Crippen LogP contribution is 2.20. The molecule has 2 N–H and O–H groups in total. The third-order valence-corrected chi connectivity index (χ3v) is 3.78. The van der Waals surface area contributed by atoms with E-state index in [0.29, 0.717) is 6.04 Å². The molecule has 2 aliphatic rings. The average molecular weight is 412 g/mol. The van der Waals surface area contributed by atoms with Gasteiger partial charge in [0.2, 0.25) is 0 Å². The second kappa shape index (κ2) is 8.41. The van der Waals surface area contributed by atoms with Crippen LogP contribution in [0.3, 0.4) is 0 Å². The van der Waals surface area contributed by atoms with Gasteiger partial charge in [-0.05, 0) is 37.5 Å². The molecular weight excluding hydrogens is 387 g/mol. The lowest BCUT2D eigenvalue weighted by molar-refractivity contribution is 0.812. The lowest BCUT2D eigenvalue weighted by atomic mass is 10.2. The fourth-order valence-electron chi connectivity index (χ4n) is 2.45. The zero-order valence-corrected chi connectivity index (χ0v) is 15.4. The molecule has 0 radical (unpaired) electrons. The Hall–Kier alpha value is -1.24. The van der Waals surface area contributed by atoms with Crippen LogP contribution in [-0.4, -0.2) is 31.6 Å². The number of benzene rings is 1. The van der Waals surface area contributed by atoms with Gasteiger partial charge in [-0.3, -0.25) is 0 Å². The number of hydrogen-bond acceptors (Lipinski definition) is 2. The van der Waals surface area contributed by atoms with Crippen LogP contribution in [0.2, 0.25) is 0 Å². The molecule has 120 valence electrons. The van der Waals surface area contributed by atoms with Gasteiger partial charge in [0.05, 0.1) is 6.54 Å². The summed E-state index contributed by atoms with van der Waals surface area (Å²) < 4.78 is 0. The molecule has 0 unspecified atom stereocenters. The Balaban J connectivity index is 0.00000176. The van der Waals surface area contributed by atoms with Crippen molar-refractivity contribution in [1.82, 2.24) is 10.6 Å². The monoisotopic (exact) mass is 412 g/mol. The molecule has 0 aromatic heterocycles. The predicted octanol–water partition coefficient (Wildman–Crippen LogP) is 2.90. The van der Waals surface area contributed by atoms with Crippen LogP contribution in [0.25, 0.3) is 0 Å². The first kappa shape index (κ1) is 17.1. The topological polar surface area (TPSA) is 39.7 Å². The summed E-state index contributed by atoms with van der Waals surface area (Å²) >= 11 is 0. The van der Waals surface area contributed by atoms with Crippen molar-refractivity contribution in [3.63, 3.8) is 0 Å². The van der Waals surface area contributed by atoms with Gasteiger partial charge in [0.15, 0.2) is 5.96 Å².